The number of aromatic nitrogens is 4. The summed E-state index contributed by atoms with van der Waals surface area (Å²) in [5, 5.41) is 20.4. The van der Waals surface area contributed by atoms with Crippen LogP contribution in [0.4, 0.5) is 4.39 Å². The molecule has 0 fully saturated rings. The quantitative estimate of drug-likeness (QED) is 0.244. The third-order valence-electron chi connectivity index (χ3n) is 6.88. The van der Waals surface area contributed by atoms with Gasteiger partial charge in [0.1, 0.15) is 11.9 Å². The molecule has 0 bridgehead atoms. The Morgan fingerprint density at radius 1 is 1.05 bits per heavy atom. The highest BCUT2D eigenvalue weighted by atomic mass is 19.1. The number of aliphatic carboxylic acids is 1. The molecule has 2 heterocycles. The van der Waals surface area contributed by atoms with Crippen LogP contribution in [0.5, 0.6) is 0 Å². The van der Waals surface area contributed by atoms with Gasteiger partial charge in [0, 0.05) is 18.2 Å². The molecule has 3 aromatic carbocycles. The van der Waals surface area contributed by atoms with Crippen molar-refractivity contribution in [3.63, 3.8) is 0 Å². The highest BCUT2D eigenvalue weighted by Crippen LogP contribution is 2.26. The number of hydrogen-bond donors (Lipinski definition) is 2. The molecule has 0 aliphatic carbocycles. The summed E-state index contributed by atoms with van der Waals surface area (Å²) >= 11 is 0. The van der Waals surface area contributed by atoms with Crippen LogP contribution in [0.3, 0.4) is 0 Å². The van der Waals surface area contributed by atoms with E-state index in [0.29, 0.717) is 11.1 Å². The monoisotopic (exact) mass is 567 g/mol. The van der Waals surface area contributed by atoms with E-state index in [0.717, 1.165) is 16.8 Å². The highest BCUT2D eigenvalue weighted by molar-refractivity contribution is 5.96. The van der Waals surface area contributed by atoms with Crippen LogP contribution in [0.1, 0.15) is 47.8 Å². The van der Waals surface area contributed by atoms with Crippen molar-refractivity contribution in [2.75, 3.05) is 0 Å². The van der Waals surface area contributed by atoms with Gasteiger partial charge in [-0.15, -0.1) is 0 Å². The van der Waals surface area contributed by atoms with Gasteiger partial charge in [0.25, 0.3) is 11.8 Å². The molecule has 5 rings (SSSR count). The van der Waals surface area contributed by atoms with E-state index in [9.17, 15) is 14.7 Å². The molecule has 0 radical (unpaired) electrons. The van der Waals surface area contributed by atoms with Gasteiger partial charge in [-0.2, -0.15) is 10.1 Å². The lowest BCUT2D eigenvalue weighted by atomic mass is 9.87. The molecular formula is C32H30FN5O4. The van der Waals surface area contributed by atoms with Gasteiger partial charge in [-0.25, -0.2) is 13.9 Å². The Morgan fingerprint density at radius 3 is 2.40 bits per heavy atom. The van der Waals surface area contributed by atoms with E-state index in [-0.39, 0.29) is 34.7 Å². The standard InChI is InChI=1S/C32H30FN5O4/c1-19-5-8-21(9-6-19)30-36-28(37-42-30)25-14-7-20(15-26(25)33)16-27(31(40)41)35-29(39)22-17-34-38(18-22)24-12-10-23(11-13-24)32(2,3)4/h5-15,17-18,27H,16H2,1-4H3,(H,35,39)(H,40,41). The fraction of sp³-hybridized carbons (Fsp3) is 0.219. The Labute approximate surface area is 242 Å². The van der Waals surface area contributed by atoms with Crippen molar-refractivity contribution in [2.45, 2.75) is 45.6 Å². The van der Waals surface area contributed by atoms with Crippen molar-refractivity contribution < 1.29 is 23.6 Å². The van der Waals surface area contributed by atoms with Crippen LogP contribution >= 0.6 is 0 Å². The number of carbonyl (C=O) groups is 2. The number of carboxylic acids is 1. The molecule has 214 valence electrons. The molecule has 0 aliphatic heterocycles. The number of amides is 1. The Hall–Kier alpha value is -5.12. The molecular weight excluding hydrogens is 537 g/mol. The number of halogens is 1. The lowest BCUT2D eigenvalue weighted by molar-refractivity contribution is -0.139. The summed E-state index contributed by atoms with van der Waals surface area (Å²) in [6, 6.07) is 18.3. The zero-order chi connectivity index (χ0) is 30.0. The lowest BCUT2D eigenvalue weighted by Gasteiger charge is -2.19. The fourth-order valence-corrected chi connectivity index (χ4v) is 4.39. The predicted molar refractivity (Wildman–Crippen MR) is 155 cm³/mol. The van der Waals surface area contributed by atoms with Crippen molar-refractivity contribution in [1.82, 2.24) is 25.2 Å². The van der Waals surface area contributed by atoms with Crippen LogP contribution < -0.4 is 5.32 Å². The molecule has 5 aromatic rings. The first-order valence-corrected chi connectivity index (χ1v) is 13.4. The second kappa shape index (κ2) is 11.4. The van der Waals surface area contributed by atoms with Crippen molar-refractivity contribution in [3.8, 4) is 28.5 Å². The summed E-state index contributed by atoms with van der Waals surface area (Å²) in [6.45, 7) is 8.32. The largest absolute Gasteiger partial charge is 0.480 e. The second-order valence-corrected chi connectivity index (χ2v) is 11.1. The summed E-state index contributed by atoms with van der Waals surface area (Å²) in [7, 11) is 0. The molecule has 2 N–H and O–H groups in total. The molecule has 0 aliphatic rings. The number of benzene rings is 3. The van der Waals surface area contributed by atoms with Crippen molar-refractivity contribution in [1.29, 1.82) is 0 Å². The fourth-order valence-electron chi connectivity index (χ4n) is 4.39. The van der Waals surface area contributed by atoms with E-state index in [1.165, 1.54) is 24.5 Å². The zero-order valence-corrected chi connectivity index (χ0v) is 23.6. The van der Waals surface area contributed by atoms with Crippen molar-refractivity contribution in [2.24, 2.45) is 0 Å². The van der Waals surface area contributed by atoms with E-state index in [1.807, 2.05) is 55.5 Å². The van der Waals surface area contributed by atoms with Crippen LogP contribution in [0.15, 0.2) is 83.6 Å². The minimum Gasteiger partial charge on any atom is -0.480 e. The van der Waals surface area contributed by atoms with Crippen molar-refractivity contribution >= 4 is 11.9 Å². The minimum absolute atomic E-state index is 0.00101. The topological polar surface area (TPSA) is 123 Å². The number of rotatable bonds is 8. The van der Waals surface area contributed by atoms with Gasteiger partial charge < -0.3 is 14.9 Å². The van der Waals surface area contributed by atoms with E-state index in [1.54, 1.807) is 10.7 Å². The van der Waals surface area contributed by atoms with Crippen LogP contribution in [-0.4, -0.2) is 42.9 Å². The summed E-state index contributed by atoms with van der Waals surface area (Å²) < 4.78 is 21.9. The van der Waals surface area contributed by atoms with E-state index >= 15 is 4.39 Å². The number of nitrogens with zero attached hydrogens (tertiary/aromatic N) is 4. The number of carboxylic acid groups (broad SMARTS) is 1. The third-order valence-corrected chi connectivity index (χ3v) is 6.88. The van der Waals surface area contributed by atoms with Gasteiger partial charge in [0.05, 0.1) is 23.0 Å². The maximum Gasteiger partial charge on any atom is 0.326 e. The van der Waals surface area contributed by atoms with Crippen LogP contribution in [0.2, 0.25) is 0 Å². The first-order chi connectivity index (χ1) is 20.0. The van der Waals surface area contributed by atoms with Crippen LogP contribution in [0.25, 0.3) is 28.5 Å². The van der Waals surface area contributed by atoms with Gasteiger partial charge in [-0.05, 0) is 59.9 Å². The summed E-state index contributed by atoms with van der Waals surface area (Å²) in [5.74, 6) is -2.17. The molecule has 10 heteroatoms. The van der Waals surface area contributed by atoms with E-state index in [2.05, 4.69) is 41.3 Å². The maximum atomic E-state index is 15.1. The second-order valence-electron chi connectivity index (χ2n) is 11.1. The van der Waals surface area contributed by atoms with Gasteiger partial charge in [-0.3, -0.25) is 4.79 Å². The van der Waals surface area contributed by atoms with Gasteiger partial charge in [-0.1, -0.05) is 61.8 Å². The normalized spacial score (nSPS) is 12.2. The minimum atomic E-state index is -1.30. The number of hydrogen-bond acceptors (Lipinski definition) is 6. The zero-order valence-electron chi connectivity index (χ0n) is 23.6. The van der Waals surface area contributed by atoms with Gasteiger partial charge in [0.2, 0.25) is 5.82 Å². The highest BCUT2D eigenvalue weighted by Gasteiger charge is 2.23. The van der Waals surface area contributed by atoms with Crippen LogP contribution in [-0.2, 0) is 16.6 Å². The lowest BCUT2D eigenvalue weighted by Crippen LogP contribution is -2.42. The summed E-state index contributed by atoms with van der Waals surface area (Å²) in [4.78, 5) is 29.2. The average Bonchev–Trinajstić information content (AvgIpc) is 3.64. The van der Waals surface area contributed by atoms with E-state index < -0.39 is 23.7 Å². The van der Waals surface area contributed by atoms with E-state index in [4.69, 9.17) is 4.52 Å². The maximum absolute atomic E-state index is 15.1. The first-order valence-electron chi connectivity index (χ1n) is 13.4. The Kier molecular flexibility index (Phi) is 7.71. The van der Waals surface area contributed by atoms with Gasteiger partial charge in [0.15, 0.2) is 0 Å². The predicted octanol–water partition coefficient (Wildman–Crippen LogP) is 5.76. The number of carbonyl (C=O) groups excluding carboxylic acids is 1. The molecule has 1 unspecified atom stereocenters. The molecule has 0 saturated carbocycles. The summed E-state index contributed by atoms with van der Waals surface area (Å²) in [5.41, 5.74) is 4.40. The summed E-state index contributed by atoms with van der Waals surface area (Å²) in [6.07, 6.45) is 2.77. The smallest absolute Gasteiger partial charge is 0.326 e. The molecule has 1 amide bonds. The third kappa shape index (κ3) is 6.27. The number of nitrogens with one attached hydrogen (secondary N) is 1. The average molecular weight is 568 g/mol. The Bertz CT molecular complexity index is 1730. The SMILES string of the molecule is Cc1ccc(-c2nc(-c3ccc(CC(NC(=O)c4cnn(-c5ccc(C(C)(C)C)cc5)c4)C(=O)O)cc3F)no2)cc1. The Morgan fingerprint density at radius 2 is 1.76 bits per heavy atom. The Balaban J connectivity index is 1.27. The first kappa shape index (κ1) is 28.4. The number of aryl methyl sites for hydroxylation is 1. The van der Waals surface area contributed by atoms with Gasteiger partial charge >= 0.3 is 5.97 Å². The molecule has 9 nitrogen and oxygen atoms in total. The molecule has 2 aromatic heterocycles. The molecule has 42 heavy (non-hydrogen) atoms. The molecule has 0 saturated heterocycles. The van der Waals surface area contributed by atoms with Crippen LogP contribution in [0, 0.1) is 12.7 Å². The molecule has 0 spiro atoms. The molecule has 1 atom stereocenters. The van der Waals surface area contributed by atoms with Crippen molar-refractivity contribution in [3.05, 3.63) is 107 Å².